The highest BCUT2D eigenvalue weighted by Crippen LogP contribution is 2.41. The first kappa shape index (κ1) is 12.5. The summed E-state index contributed by atoms with van der Waals surface area (Å²) >= 11 is 0. The molecule has 0 fully saturated rings. The van der Waals surface area contributed by atoms with Crippen LogP contribution in [0.5, 0.6) is 5.88 Å². The van der Waals surface area contributed by atoms with Gasteiger partial charge in [-0.2, -0.15) is 0 Å². The van der Waals surface area contributed by atoms with Crippen LogP contribution >= 0.6 is 0 Å². The molecule has 1 aliphatic heterocycles. The summed E-state index contributed by atoms with van der Waals surface area (Å²) in [5.74, 6) is 1.54. The zero-order chi connectivity index (χ0) is 13.2. The largest absolute Gasteiger partial charge is 0.477 e. The Morgan fingerprint density at radius 1 is 1.53 bits per heavy atom. The molecule has 0 unspecified atom stereocenters. The number of nitrogens with zero attached hydrogens (tertiary/aromatic N) is 1. The van der Waals surface area contributed by atoms with Gasteiger partial charge < -0.3 is 10.1 Å². The molecule has 3 rings (SSSR count). The number of carbonyl (C=O) groups is 1. The van der Waals surface area contributed by atoms with Crippen LogP contribution < -0.4 is 10.1 Å². The molecule has 2 heterocycles. The molecule has 4 heteroatoms. The number of ether oxygens (including phenoxy) is 1. The van der Waals surface area contributed by atoms with Crippen LogP contribution in [0.2, 0.25) is 0 Å². The summed E-state index contributed by atoms with van der Waals surface area (Å²) in [6.07, 6.45) is 6.84. The number of hydrogen-bond donors (Lipinski definition) is 1. The van der Waals surface area contributed by atoms with Crippen LogP contribution in [0.1, 0.15) is 48.8 Å². The average molecular weight is 260 g/mol. The number of rotatable bonds is 4. The number of nitrogens with one attached hydrogen (secondary N) is 1. The van der Waals surface area contributed by atoms with Crippen molar-refractivity contribution in [2.24, 2.45) is 0 Å². The van der Waals surface area contributed by atoms with Gasteiger partial charge in [0, 0.05) is 31.1 Å². The molecule has 0 spiro atoms. The van der Waals surface area contributed by atoms with E-state index >= 15 is 0 Å². The average Bonchev–Trinajstić information content (AvgIpc) is 3.03. The monoisotopic (exact) mass is 260 g/mol. The number of hydrogen-bond acceptors (Lipinski definition) is 3. The zero-order valence-electron chi connectivity index (χ0n) is 11.4. The summed E-state index contributed by atoms with van der Waals surface area (Å²) in [5, 5.41) is 2.97. The van der Waals surface area contributed by atoms with Crippen molar-refractivity contribution in [1.82, 2.24) is 10.3 Å². The van der Waals surface area contributed by atoms with E-state index in [1.54, 1.807) is 0 Å². The molecule has 0 radical (unpaired) electrons. The molecule has 1 aromatic rings. The van der Waals surface area contributed by atoms with Crippen LogP contribution in [0.4, 0.5) is 0 Å². The minimum absolute atomic E-state index is 0.140. The lowest BCUT2D eigenvalue weighted by molar-refractivity contribution is -0.120. The summed E-state index contributed by atoms with van der Waals surface area (Å²) in [6, 6.07) is 0. The Morgan fingerprint density at radius 2 is 2.42 bits per heavy atom. The number of aromatic nitrogens is 1. The van der Waals surface area contributed by atoms with Gasteiger partial charge in [-0.3, -0.25) is 4.79 Å². The maximum absolute atomic E-state index is 11.3. The van der Waals surface area contributed by atoms with Gasteiger partial charge in [0.05, 0.1) is 6.61 Å². The van der Waals surface area contributed by atoms with E-state index < -0.39 is 0 Å². The van der Waals surface area contributed by atoms with Crippen LogP contribution in [0.3, 0.4) is 0 Å². The molecule has 1 atom stereocenters. The standard InChI is InChI=1S/C15H20N2O2/c1-2-13(18)16-7-5-10-3-4-11-9-17-15-12(14(10)11)6-8-19-15/h9-10H,2-8H2,1H3,(H,16,18)/t10-/m1/s1. The third kappa shape index (κ3) is 2.31. The maximum Gasteiger partial charge on any atom is 0.219 e. The summed E-state index contributed by atoms with van der Waals surface area (Å²) in [7, 11) is 0. The summed E-state index contributed by atoms with van der Waals surface area (Å²) in [5.41, 5.74) is 4.17. The van der Waals surface area contributed by atoms with Crippen LogP contribution in [-0.4, -0.2) is 24.0 Å². The maximum atomic E-state index is 11.3. The van der Waals surface area contributed by atoms with Gasteiger partial charge in [-0.05, 0) is 36.3 Å². The van der Waals surface area contributed by atoms with Gasteiger partial charge in [0.15, 0.2) is 0 Å². The number of fused-ring (bicyclic) bond motifs is 3. The fourth-order valence-electron chi connectivity index (χ4n) is 3.19. The van der Waals surface area contributed by atoms with Crippen molar-refractivity contribution in [2.75, 3.05) is 13.2 Å². The van der Waals surface area contributed by atoms with E-state index in [1.165, 1.54) is 23.1 Å². The third-order valence-electron chi connectivity index (χ3n) is 4.16. The lowest BCUT2D eigenvalue weighted by atomic mass is 9.93. The van der Waals surface area contributed by atoms with Crippen LogP contribution in [-0.2, 0) is 17.6 Å². The molecule has 2 aliphatic rings. The molecule has 19 heavy (non-hydrogen) atoms. The van der Waals surface area contributed by atoms with Crippen molar-refractivity contribution in [3.63, 3.8) is 0 Å². The van der Waals surface area contributed by atoms with Crippen molar-refractivity contribution in [3.8, 4) is 5.88 Å². The Bertz CT molecular complexity index is 499. The zero-order valence-corrected chi connectivity index (χ0v) is 11.4. The number of carbonyl (C=O) groups excluding carboxylic acids is 1. The van der Waals surface area contributed by atoms with E-state index in [2.05, 4.69) is 10.3 Å². The first-order chi connectivity index (χ1) is 9.29. The van der Waals surface area contributed by atoms with E-state index in [1.807, 2.05) is 13.1 Å². The van der Waals surface area contributed by atoms with E-state index in [-0.39, 0.29) is 5.91 Å². The van der Waals surface area contributed by atoms with Crippen molar-refractivity contribution < 1.29 is 9.53 Å². The first-order valence-electron chi connectivity index (χ1n) is 7.19. The normalized spacial score (nSPS) is 19.7. The molecule has 0 saturated carbocycles. The lowest BCUT2D eigenvalue weighted by Crippen LogP contribution is -2.24. The molecular formula is C15H20N2O2. The molecule has 0 bridgehead atoms. The van der Waals surface area contributed by atoms with Crippen molar-refractivity contribution in [3.05, 3.63) is 22.9 Å². The second kappa shape index (κ2) is 5.19. The predicted octanol–water partition coefficient (Wildman–Crippen LogP) is 1.96. The molecule has 1 amide bonds. The Morgan fingerprint density at radius 3 is 3.26 bits per heavy atom. The molecule has 1 aliphatic carbocycles. The number of pyridine rings is 1. The summed E-state index contributed by atoms with van der Waals surface area (Å²) in [6.45, 7) is 3.42. The fraction of sp³-hybridized carbons (Fsp3) is 0.600. The third-order valence-corrected chi connectivity index (χ3v) is 4.16. The van der Waals surface area contributed by atoms with Crippen molar-refractivity contribution in [1.29, 1.82) is 0 Å². The van der Waals surface area contributed by atoms with Gasteiger partial charge in [-0.25, -0.2) is 4.98 Å². The van der Waals surface area contributed by atoms with E-state index in [0.717, 1.165) is 38.3 Å². The minimum atomic E-state index is 0.140. The molecule has 0 saturated heterocycles. The Kier molecular flexibility index (Phi) is 3.40. The topological polar surface area (TPSA) is 51.2 Å². The predicted molar refractivity (Wildman–Crippen MR) is 72.4 cm³/mol. The summed E-state index contributed by atoms with van der Waals surface area (Å²) < 4.78 is 5.55. The van der Waals surface area contributed by atoms with E-state index in [0.29, 0.717) is 12.3 Å². The SMILES string of the molecule is CCC(=O)NCC[C@H]1CCc2cnc3c(c21)CCO3. The first-order valence-corrected chi connectivity index (χ1v) is 7.19. The second-order valence-corrected chi connectivity index (χ2v) is 5.31. The highest BCUT2D eigenvalue weighted by molar-refractivity contribution is 5.75. The minimum Gasteiger partial charge on any atom is -0.477 e. The Balaban J connectivity index is 1.71. The van der Waals surface area contributed by atoms with Gasteiger partial charge in [-0.15, -0.1) is 0 Å². The smallest absolute Gasteiger partial charge is 0.219 e. The molecule has 4 nitrogen and oxygen atoms in total. The highest BCUT2D eigenvalue weighted by Gasteiger charge is 2.30. The molecule has 102 valence electrons. The van der Waals surface area contributed by atoms with Crippen molar-refractivity contribution >= 4 is 5.91 Å². The molecular weight excluding hydrogens is 240 g/mol. The molecule has 0 aromatic carbocycles. The van der Waals surface area contributed by atoms with Gasteiger partial charge in [0.25, 0.3) is 0 Å². The van der Waals surface area contributed by atoms with Crippen molar-refractivity contribution in [2.45, 2.75) is 44.9 Å². The second-order valence-electron chi connectivity index (χ2n) is 5.31. The fourth-order valence-corrected chi connectivity index (χ4v) is 3.19. The van der Waals surface area contributed by atoms with Gasteiger partial charge in [-0.1, -0.05) is 6.92 Å². The van der Waals surface area contributed by atoms with Gasteiger partial charge in [0.1, 0.15) is 0 Å². The number of amides is 1. The highest BCUT2D eigenvalue weighted by atomic mass is 16.5. The lowest BCUT2D eigenvalue weighted by Gasteiger charge is -2.14. The van der Waals surface area contributed by atoms with Crippen LogP contribution in [0.25, 0.3) is 0 Å². The van der Waals surface area contributed by atoms with E-state index in [4.69, 9.17) is 4.74 Å². The van der Waals surface area contributed by atoms with Gasteiger partial charge in [0.2, 0.25) is 11.8 Å². The molecule has 1 aromatic heterocycles. The quantitative estimate of drug-likeness (QED) is 0.900. The molecule has 1 N–H and O–H groups in total. The number of aryl methyl sites for hydroxylation is 1. The Hall–Kier alpha value is -1.58. The van der Waals surface area contributed by atoms with E-state index in [9.17, 15) is 4.79 Å². The van der Waals surface area contributed by atoms with Crippen LogP contribution in [0.15, 0.2) is 6.20 Å². The Labute approximate surface area is 113 Å². The van der Waals surface area contributed by atoms with Crippen LogP contribution in [0, 0.1) is 0 Å². The van der Waals surface area contributed by atoms with Gasteiger partial charge >= 0.3 is 0 Å². The summed E-state index contributed by atoms with van der Waals surface area (Å²) in [4.78, 5) is 15.7.